The minimum Gasteiger partial charge on any atom is -0.370 e. The Morgan fingerprint density at radius 3 is 2.56 bits per heavy atom. The van der Waals surface area contributed by atoms with Crippen LogP contribution in [-0.2, 0) is 4.74 Å². The lowest BCUT2D eigenvalue weighted by molar-refractivity contribution is -0.0588. The second-order valence-corrected chi connectivity index (χ2v) is 6.41. The summed E-state index contributed by atoms with van der Waals surface area (Å²) < 4.78 is 6.13. The van der Waals surface area contributed by atoms with Crippen LogP contribution in [0.3, 0.4) is 0 Å². The second-order valence-electron chi connectivity index (χ2n) is 6.41. The zero-order chi connectivity index (χ0) is 13.2. The molecule has 2 heteroatoms. The molecule has 1 N–H and O–H groups in total. The van der Waals surface area contributed by atoms with Crippen molar-refractivity contribution in [3.63, 3.8) is 0 Å². The molecule has 0 radical (unpaired) electrons. The van der Waals surface area contributed by atoms with Gasteiger partial charge in [-0.1, -0.05) is 44.2 Å². The molecule has 100 valence electrons. The number of ether oxygens (including phenoxy) is 1. The van der Waals surface area contributed by atoms with Crippen molar-refractivity contribution >= 4 is 0 Å². The van der Waals surface area contributed by atoms with Gasteiger partial charge in [-0.3, -0.25) is 0 Å². The molecule has 2 nitrogen and oxygen atoms in total. The SMILES string of the molecule is CC(C)C[C@@H]1NC(C)(C)CO[C@H]1c1ccccc1. The lowest BCUT2D eigenvalue weighted by atomic mass is 9.89. The Morgan fingerprint density at radius 1 is 1.28 bits per heavy atom. The quantitative estimate of drug-likeness (QED) is 0.882. The molecule has 0 unspecified atom stereocenters. The molecular formula is C16H25NO. The fraction of sp³-hybridized carbons (Fsp3) is 0.625. The van der Waals surface area contributed by atoms with Crippen LogP contribution in [0.1, 0.15) is 45.8 Å². The van der Waals surface area contributed by atoms with E-state index in [-0.39, 0.29) is 11.6 Å². The maximum atomic E-state index is 6.13. The van der Waals surface area contributed by atoms with Crippen LogP contribution in [0.5, 0.6) is 0 Å². The first-order valence-electron chi connectivity index (χ1n) is 6.92. The Bertz CT molecular complexity index is 372. The molecule has 0 spiro atoms. The van der Waals surface area contributed by atoms with E-state index in [1.807, 2.05) is 0 Å². The molecule has 2 atom stereocenters. The van der Waals surface area contributed by atoms with E-state index in [0.717, 1.165) is 13.0 Å². The Morgan fingerprint density at radius 2 is 1.94 bits per heavy atom. The number of benzene rings is 1. The van der Waals surface area contributed by atoms with Crippen LogP contribution in [0.4, 0.5) is 0 Å². The van der Waals surface area contributed by atoms with E-state index in [0.29, 0.717) is 12.0 Å². The minimum atomic E-state index is 0.0742. The Hall–Kier alpha value is -0.860. The van der Waals surface area contributed by atoms with Crippen molar-refractivity contribution in [2.75, 3.05) is 6.61 Å². The van der Waals surface area contributed by atoms with Crippen LogP contribution in [0.15, 0.2) is 30.3 Å². The predicted octanol–water partition coefficient (Wildman–Crippen LogP) is 3.54. The summed E-state index contributed by atoms with van der Waals surface area (Å²) in [5, 5.41) is 3.75. The molecule has 0 bridgehead atoms. The highest BCUT2D eigenvalue weighted by Crippen LogP contribution is 2.31. The second kappa shape index (κ2) is 5.41. The van der Waals surface area contributed by atoms with E-state index >= 15 is 0 Å². The number of nitrogens with one attached hydrogen (secondary N) is 1. The van der Waals surface area contributed by atoms with E-state index in [1.165, 1.54) is 5.56 Å². The van der Waals surface area contributed by atoms with Gasteiger partial charge in [0.15, 0.2) is 0 Å². The third-order valence-corrected chi connectivity index (χ3v) is 3.42. The van der Waals surface area contributed by atoms with Crippen LogP contribution in [0.25, 0.3) is 0 Å². The monoisotopic (exact) mass is 247 g/mol. The van der Waals surface area contributed by atoms with Crippen LogP contribution in [0, 0.1) is 5.92 Å². The molecular weight excluding hydrogens is 222 g/mol. The van der Waals surface area contributed by atoms with E-state index < -0.39 is 0 Å². The van der Waals surface area contributed by atoms with Gasteiger partial charge in [-0.15, -0.1) is 0 Å². The smallest absolute Gasteiger partial charge is 0.0978 e. The zero-order valence-electron chi connectivity index (χ0n) is 11.9. The molecule has 1 fully saturated rings. The minimum absolute atomic E-state index is 0.0742. The highest BCUT2D eigenvalue weighted by atomic mass is 16.5. The summed E-state index contributed by atoms with van der Waals surface area (Å²) in [7, 11) is 0. The van der Waals surface area contributed by atoms with Crippen molar-refractivity contribution in [2.24, 2.45) is 5.92 Å². The van der Waals surface area contributed by atoms with Gasteiger partial charge >= 0.3 is 0 Å². The third-order valence-electron chi connectivity index (χ3n) is 3.42. The molecule has 1 aromatic rings. The fourth-order valence-corrected chi connectivity index (χ4v) is 2.70. The van der Waals surface area contributed by atoms with Crippen molar-refractivity contribution in [3.05, 3.63) is 35.9 Å². The van der Waals surface area contributed by atoms with Crippen molar-refractivity contribution < 1.29 is 4.74 Å². The van der Waals surface area contributed by atoms with Crippen LogP contribution in [0.2, 0.25) is 0 Å². The lowest BCUT2D eigenvalue weighted by Gasteiger charge is -2.43. The highest BCUT2D eigenvalue weighted by Gasteiger charge is 2.35. The molecule has 18 heavy (non-hydrogen) atoms. The summed E-state index contributed by atoms with van der Waals surface area (Å²) in [6.07, 6.45) is 1.32. The molecule has 0 amide bonds. The van der Waals surface area contributed by atoms with Gasteiger partial charge in [0.05, 0.1) is 12.7 Å². The first-order chi connectivity index (χ1) is 8.48. The van der Waals surface area contributed by atoms with Gasteiger partial charge in [0.1, 0.15) is 0 Å². The van der Waals surface area contributed by atoms with Gasteiger partial charge in [-0.25, -0.2) is 0 Å². The van der Waals surface area contributed by atoms with Gasteiger partial charge in [0.25, 0.3) is 0 Å². The maximum absolute atomic E-state index is 6.13. The summed E-state index contributed by atoms with van der Waals surface area (Å²) in [4.78, 5) is 0. The number of rotatable bonds is 3. The summed E-state index contributed by atoms with van der Waals surface area (Å²) in [6, 6.07) is 11.0. The first kappa shape index (κ1) is 13.6. The molecule has 1 aliphatic rings. The predicted molar refractivity (Wildman–Crippen MR) is 75.6 cm³/mol. The maximum Gasteiger partial charge on any atom is 0.0978 e. The normalized spacial score (nSPS) is 27.4. The molecule has 0 aliphatic carbocycles. The molecule has 1 saturated heterocycles. The van der Waals surface area contributed by atoms with Crippen LogP contribution in [-0.4, -0.2) is 18.2 Å². The zero-order valence-corrected chi connectivity index (χ0v) is 11.9. The summed E-state index contributed by atoms with van der Waals surface area (Å²) in [6.45, 7) is 9.72. The van der Waals surface area contributed by atoms with Gasteiger partial charge in [-0.2, -0.15) is 0 Å². The number of hydrogen-bond acceptors (Lipinski definition) is 2. The fourth-order valence-electron chi connectivity index (χ4n) is 2.70. The Balaban J connectivity index is 2.17. The van der Waals surface area contributed by atoms with Crippen LogP contribution >= 0.6 is 0 Å². The van der Waals surface area contributed by atoms with Crippen molar-refractivity contribution in [2.45, 2.75) is 51.8 Å². The van der Waals surface area contributed by atoms with E-state index in [1.54, 1.807) is 0 Å². The van der Waals surface area contributed by atoms with Gasteiger partial charge in [0.2, 0.25) is 0 Å². The molecule has 1 heterocycles. The molecule has 1 aliphatic heterocycles. The summed E-state index contributed by atoms with van der Waals surface area (Å²) >= 11 is 0. The van der Waals surface area contributed by atoms with Crippen molar-refractivity contribution in [3.8, 4) is 0 Å². The van der Waals surface area contributed by atoms with E-state index in [2.05, 4.69) is 63.3 Å². The summed E-state index contributed by atoms with van der Waals surface area (Å²) in [5.41, 5.74) is 1.36. The van der Waals surface area contributed by atoms with E-state index in [9.17, 15) is 0 Å². The van der Waals surface area contributed by atoms with Gasteiger partial charge in [0, 0.05) is 11.6 Å². The first-order valence-corrected chi connectivity index (χ1v) is 6.92. The Kier molecular flexibility index (Phi) is 4.08. The van der Waals surface area contributed by atoms with Crippen molar-refractivity contribution in [1.82, 2.24) is 5.32 Å². The molecule has 0 aromatic heterocycles. The average molecular weight is 247 g/mol. The average Bonchev–Trinajstić information content (AvgIpc) is 2.28. The number of morpholine rings is 1. The third kappa shape index (κ3) is 3.33. The summed E-state index contributed by atoms with van der Waals surface area (Å²) in [5.74, 6) is 0.672. The van der Waals surface area contributed by atoms with Crippen molar-refractivity contribution in [1.29, 1.82) is 0 Å². The van der Waals surface area contributed by atoms with Crippen LogP contribution < -0.4 is 5.32 Å². The van der Waals surface area contributed by atoms with E-state index in [4.69, 9.17) is 4.74 Å². The molecule has 2 rings (SSSR count). The van der Waals surface area contributed by atoms with Gasteiger partial charge < -0.3 is 10.1 Å². The topological polar surface area (TPSA) is 21.3 Å². The van der Waals surface area contributed by atoms with Gasteiger partial charge in [-0.05, 0) is 31.7 Å². The Labute approximate surface area is 111 Å². The standard InChI is InChI=1S/C16H25NO/c1-12(2)10-14-15(13-8-6-5-7-9-13)18-11-16(3,4)17-14/h5-9,12,14-15,17H,10-11H2,1-4H3/t14-,15-/m0/s1. The highest BCUT2D eigenvalue weighted by molar-refractivity contribution is 5.20. The molecule has 1 aromatic carbocycles. The largest absolute Gasteiger partial charge is 0.370 e. The molecule has 0 saturated carbocycles. The lowest BCUT2D eigenvalue weighted by Crippen LogP contribution is -2.56. The number of hydrogen-bond donors (Lipinski definition) is 1.